The molecule has 2 aromatic rings. The summed E-state index contributed by atoms with van der Waals surface area (Å²) in [6.45, 7) is 2.26. The zero-order chi connectivity index (χ0) is 14.7. The number of furan rings is 1. The van der Waals surface area contributed by atoms with Crippen molar-refractivity contribution in [1.82, 2.24) is 4.90 Å². The van der Waals surface area contributed by atoms with Crippen LogP contribution in [-0.4, -0.2) is 25.0 Å². The first-order valence-corrected chi connectivity index (χ1v) is 6.26. The monoisotopic (exact) mass is 274 g/mol. The number of aryl methyl sites for hydroxylation is 1. The first-order chi connectivity index (χ1) is 9.52. The number of benzene rings is 1. The van der Waals surface area contributed by atoms with E-state index in [1.807, 2.05) is 19.1 Å². The molecule has 0 radical (unpaired) electrons. The van der Waals surface area contributed by atoms with Gasteiger partial charge < -0.3 is 19.8 Å². The minimum Gasteiger partial charge on any atom is -0.494 e. The molecule has 0 saturated heterocycles. The summed E-state index contributed by atoms with van der Waals surface area (Å²) in [6.07, 6.45) is 0. The number of nitrogens with two attached hydrogens (primary N) is 1. The van der Waals surface area contributed by atoms with Gasteiger partial charge in [-0.25, -0.2) is 0 Å². The standard InChI is InChI=1S/C15H18N2O3/c1-10-7-8-11(20-10)9-17(2)15(18)12-5-4-6-13(16)14(12)19-3/h4-8H,9,16H2,1-3H3. The summed E-state index contributed by atoms with van der Waals surface area (Å²) in [4.78, 5) is 14.0. The van der Waals surface area contributed by atoms with Gasteiger partial charge in [0.2, 0.25) is 0 Å². The van der Waals surface area contributed by atoms with Gasteiger partial charge in [-0.1, -0.05) is 6.07 Å². The van der Waals surface area contributed by atoms with E-state index in [0.29, 0.717) is 23.5 Å². The number of ether oxygens (including phenoxy) is 1. The fraction of sp³-hybridized carbons (Fsp3) is 0.267. The number of anilines is 1. The minimum atomic E-state index is -0.164. The highest BCUT2D eigenvalue weighted by Gasteiger charge is 2.19. The third-order valence-corrected chi connectivity index (χ3v) is 3.02. The van der Waals surface area contributed by atoms with Crippen molar-refractivity contribution in [1.29, 1.82) is 0 Å². The molecular formula is C15H18N2O3. The van der Waals surface area contributed by atoms with E-state index in [4.69, 9.17) is 14.9 Å². The maximum atomic E-state index is 12.4. The molecule has 0 aliphatic heterocycles. The number of carbonyl (C=O) groups excluding carboxylic acids is 1. The molecule has 0 aliphatic carbocycles. The largest absolute Gasteiger partial charge is 0.494 e. The van der Waals surface area contributed by atoms with Crippen LogP contribution in [0.5, 0.6) is 5.75 Å². The number of hydrogen-bond acceptors (Lipinski definition) is 4. The van der Waals surface area contributed by atoms with Crippen molar-refractivity contribution in [3.8, 4) is 5.75 Å². The number of carbonyl (C=O) groups is 1. The maximum absolute atomic E-state index is 12.4. The Morgan fingerprint density at radius 3 is 2.70 bits per heavy atom. The number of nitrogens with zero attached hydrogens (tertiary/aromatic N) is 1. The van der Waals surface area contributed by atoms with E-state index >= 15 is 0 Å². The summed E-state index contributed by atoms with van der Waals surface area (Å²) in [6, 6.07) is 8.85. The Kier molecular flexibility index (Phi) is 3.98. The Morgan fingerprint density at radius 1 is 1.35 bits per heavy atom. The number of nitrogen functional groups attached to an aromatic ring is 1. The lowest BCUT2D eigenvalue weighted by molar-refractivity contribution is 0.0771. The summed E-state index contributed by atoms with van der Waals surface area (Å²) in [5.41, 5.74) is 6.70. The zero-order valence-electron chi connectivity index (χ0n) is 11.8. The molecule has 2 N–H and O–H groups in total. The molecular weight excluding hydrogens is 256 g/mol. The summed E-state index contributed by atoms with van der Waals surface area (Å²) >= 11 is 0. The molecule has 2 rings (SSSR count). The van der Waals surface area contributed by atoms with Gasteiger partial charge in [0.1, 0.15) is 11.5 Å². The average molecular weight is 274 g/mol. The molecule has 0 spiro atoms. The van der Waals surface area contributed by atoms with Gasteiger partial charge >= 0.3 is 0 Å². The van der Waals surface area contributed by atoms with E-state index in [9.17, 15) is 4.79 Å². The van der Waals surface area contributed by atoms with Crippen LogP contribution in [0.15, 0.2) is 34.7 Å². The smallest absolute Gasteiger partial charge is 0.257 e. The third kappa shape index (κ3) is 2.77. The fourth-order valence-electron chi connectivity index (χ4n) is 2.03. The molecule has 0 fully saturated rings. The van der Waals surface area contributed by atoms with Crippen molar-refractivity contribution in [2.45, 2.75) is 13.5 Å². The molecule has 0 unspecified atom stereocenters. The first kappa shape index (κ1) is 14.0. The second kappa shape index (κ2) is 5.69. The van der Waals surface area contributed by atoms with E-state index < -0.39 is 0 Å². The molecule has 0 bridgehead atoms. The summed E-state index contributed by atoms with van der Waals surface area (Å²) in [7, 11) is 3.21. The molecule has 1 aromatic carbocycles. The Labute approximate surface area is 117 Å². The van der Waals surface area contributed by atoms with Crippen LogP contribution in [-0.2, 0) is 6.54 Å². The van der Waals surface area contributed by atoms with Gasteiger partial charge in [-0.05, 0) is 31.2 Å². The lowest BCUT2D eigenvalue weighted by Gasteiger charge is -2.18. The Morgan fingerprint density at radius 2 is 2.10 bits per heavy atom. The zero-order valence-corrected chi connectivity index (χ0v) is 11.8. The van der Waals surface area contributed by atoms with Crippen molar-refractivity contribution in [3.63, 3.8) is 0 Å². The highest BCUT2D eigenvalue weighted by Crippen LogP contribution is 2.27. The topological polar surface area (TPSA) is 68.7 Å². The average Bonchev–Trinajstić information content (AvgIpc) is 2.82. The Balaban J connectivity index is 2.20. The van der Waals surface area contributed by atoms with Crippen LogP contribution >= 0.6 is 0 Å². The highest BCUT2D eigenvalue weighted by molar-refractivity contribution is 5.98. The molecule has 0 aliphatic rings. The van der Waals surface area contributed by atoms with Crippen LogP contribution in [0, 0.1) is 6.92 Å². The number of hydrogen-bond donors (Lipinski definition) is 1. The van der Waals surface area contributed by atoms with E-state index in [0.717, 1.165) is 11.5 Å². The van der Waals surface area contributed by atoms with E-state index in [1.54, 1.807) is 30.1 Å². The van der Waals surface area contributed by atoms with Crippen LogP contribution in [0.2, 0.25) is 0 Å². The normalized spacial score (nSPS) is 10.3. The van der Waals surface area contributed by atoms with Crippen LogP contribution in [0.1, 0.15) is 21.9 Å². The summed E-state index contributed by atoms with van der Waals surface area (Å²) < 4.78 is 10.7. The molecule has 0 saturated carbocycles. The first-order valence-electron chi connectivity index (χ1n) is 6.26. The van der Waals surface area contributed by atoms with Gasteiger partial charge in [0.05, 0.1) is 24.9 Å². The number of amides is 1. The van der Waals surface area contributed by atoms with Gasteiger partial charge in [-0.15, -0.1) is 0 Å². The van der Waals surface area contributed by atoms with Crippen molar-refractivity contribution in [2.75, 3.05) is 19.9 Å². The second-order valence-corrected chi connectivity index (χ2v) is 4.60. The lowest BCUT2D eigenvalue weighted by Crippen LogP contribution is -2.26. The molecule has 1 amide bonds. The predicted molar refractivity (Wildman–Crippen MR) is 76.6 cm³/mol. The molecule has 1 heterocycles. The van der Waals surface area contributed by atoms with Gasteiger partial charge in [0.15, 0.2) is 5.75 Å². The molecule has 0 atom stereocenters. The SMILES string of the molecule is COc1c(N)cccc1C(=O)N(C)Cc1ccc(C)o1. The summed E-state index contributed by atoms with van der Waals surface area (Å²) in [5, 5.41) is 0. The number of rotatable bonds is 4. The highest BCUT2D eigenvalue weighted by atomic mass is 16.5. The summed E-state index contributed by atoms with van der Waals surface area (Å²) in [5.74, 6) is 1.80. The Hall–Kier alpha value is -2.43. The van der Waals surface area contributed by atoms with E-state index in [1.165, 1.54) is 7.11 Å². The van der Waals surface area contributed by atoms with Crippen LogP contribution < -0.4 is 10.5 Å². The van der Waals surface area contributed by atoms with Gasteiger partial charge in [-0.3, -0.25) is 4.79 Å². The minimum absolute atomic E-state index is 0.164. The quantitative estimate of drug-likeness (QED) is 0.869. The molecule has 1 aromatic heterocycles. The van der Waals surface area contributed by atoms with Gasteiger partial charge in [0.25, 0.3) is 5.91 Å². The molecule has 20 heavy (non-hydrogen) atoms. The maximum Gasteiger partial charge on any atom is 0.257 e. The van der Waals surface area contributed by atoms with E-state index in [-0.39, 0.29) is 5.91 Å². The second-order valence-electron chi connectivity index (χ2n) is 4.60. The lowest BCUT2D eigenvalue weighted by atomic mass is 10.1. The van der Waals surface area contributed by atoms with Crippen molar-refractivity contribution >= 4 is 11.6 Å². The van der Waals surface area contributed by atoms with Crippen LogP contribution in [0.3, 0.4) is 0 Å². The number of para-hydroxylation sites is 1. The predicted octanol–water partition coefficient (Wildman–Crippen LogP) is 2.45. The molecule has 5 heteroatoms. The molecule has 5 nitrogen and oxygen atoms in total. The van der Waals surface area contributed by atoms with Gasteiger partial charge in [0, 0.05) is 7.05 Å². The van der Waals surface area contributed by atoms with Crippen molar-refractivity contribution in [3.05, 3.63) is 47.4 Å². The van der Waals surface area contributed by atoms with Gasteiger partial charge in [-0.2, -0.15) is 0 Å². The number of methoxy groups -OCH3 is 1. The van der Waals surface area contributed by atoms with Crippen molar-refractivity contribution < 1.29 is 13.9 Å². The molecule has 106 valence electrons. The van der Waals surface area contributed by atoms with E-state index in [2.05, 4.69) is 0 Å². The Bertz CT molecular complexity index is 619. The third-order valence-electron chi connectivity index (χ3n) is 3.02. The fourth-order valence-corrected chi connectivity index (χ4v) is 2.03. The van der Waals surface area contributed by atoms with Crippen molar-refractivity contribution in [2.24, 2.45) is 0 Å². The van der Waals surface area contributed by atoms with Crippen LogP contribution in [0.25, 0.3) is 0 Å². The van der Waals surface area contributed by atoms with Crippen LogP contribution in [0.4, 0.5) is 5.69 Å².